The number of carbonyl (C=O) groups excluding carboxylic acids is 1. The monoisotopic (exact) mass is 176 g/mol. The van der Waals surface area contributed by atoms with Gasteiger partial charge < -0.3 is 0 Å². The van der Waals surface area contributed by atoms with Gasteiger partial charge >= 0.3 is 6.03 Å². The van der Waals surface area contributed by atoms with Gasteiger partial charge in [0.05, 0.1) is 11.9 Å². The van der Waals surface area contributed by atoms with Crippen LogP contribution in [0.25, 0.3) is 0 Å². The van der Waals surface area contributed by atoms with Crippen molar-refractivity contribution in [3.8, 4) is 0 Å². The van der Waals surface area contributed by atoms with Gasteiger partial charge in [0.1, 0.15) is 5.82 Å². The second-order valence-corrected chi connectivity index (χ2v) is 2.55. The van der Waals surface area contributed by atoms with Crippen molar-refractivity contribution in [2.24, 2.45) is 9.98 Å². The Bertz CT molecular complexity index is 423. The number of halogens is 1. The molecule has 0 saturated carbocycles. The van der Waals surface area contributed by atoms with Gasteiger partial charge in [0.2, 0.25) is 0 Å². The minimum absolute atomic E-state index is 0.354. The number of nitrogens with zero attached hydrogens (tertiary/aromatic N) is 2. The first-order valence-electron chi connectivity index (χ1n) is 3.68. The minimum atomic E-state index is -0.542. The maximum Gasteiger partial charge on any atom is 0.367 e. The smallest absolute Gasteiger partial charge is 0.244 e. The molecule has 0 saturated heterocycles. The van der Waals surface area contributed by atoms with E-state index in [4.69, 9.17) is 0 Å². The number of hydrogen-bond donors (Lipinski definition) is 0. The normalized spacial score (nSPS) is 14.8. The fourth-order valence-electron chi connectivity index (χ4n) is 1.06. The van der Waals surface area contributed by atoms with E-state index >= 15 is 0 Å². The molecule has 0 spiro atoms. The Kier molecular flexibility index (Phi) is 1.73. The van der Waals surface area contributed by atoms with Crippen molar-refractivity contribution in [1.29, 1.82) is 0 Å². The number of carbonyl (C=O) groups is 1. The van der Waals surface area contributed by atoms with Gasteiger partial charge in [-0.3, -0.25) is 0 Å². The number of rotatable bonds is 1. The van der Waals surface area contributed by atoms with Gasteiger partial charge in [0.25, 0.3) is 0 Å². The highest BCUT2D eigenvalue weighted by Gasteiger charge is 2.10. The van der Waals surface area contributed by atoms with Crippen LogP contribution in [0.15, 0.2) is 34.3 Å². The van der Waals surface area contributed by atoms with Crippen LogP contribution in [0.1, 0.15) is 5.56 Å². The zero-order valence-corrected chi connectivity index (χ0v) is 6.57. The highest BCUT2D eigenvalue weighted by atomic mass is 19.1. The predicted molar refractivity (Wildman–Crippen MR) is 46.8 cm³/mol. The molecule has 1 heterocycles. The van der Waals surface area contributed by atoms with Gasteiger partial charge in [0, 0.05) is 5.56 Å². The van der Waals surface area contributed by atoms with E-state index in [2.05, 4.69) is 9.98 Å². The van der Waals surface area contributed by atoms with E-state index in [1.807, 2.05) is 0 Å². The second kappa shape index (κ2) is 2.90. The van der Waals surface area contributed by atoms with Crippen LogP contribution < -0.4 is 0 Å². The van der Waals surface area contributed by atoms with Crippen molar-refractivity contribution >= 4 is 18.0 Å². The summed E-state index contributed by atoms with van der Waals surface area (Å²) >= 11 is 0. The fraction of sp³-hybridized carbons (Fsp3) is 0. The summed E-state index contributed by atoms with van der Waals surface area (Å²) in [6, 6.07) is 5.33. The molecule has 0 atom stereocenters. The molecule has 0 unspecified atom stereocenters. The lowest BCUT2D eigenvalue weighted by atomic mass is 10.1. The average molecular weight is 176 g/mol. The van der Waals surface area contributed by atoms with Crippen molar-refractivity contribution in [1.82, 2.24) is 0 Å². The molecule has 3 nitrogen and oxygen atoms in total. The highest BCUT2D eigenvalue weighted by molar-refractivity contribution is 6.43. The Balaban J connectivity index is 2.42. The Morgan fingerprint density at radius 1 is 1.31 bits per heavy atom. The summed E-state index contributed by atoms with van der Waals surface area (Å²) in [5, 5.41) is 0. The summed E-state index contributed by atoms with van der Waals surface area (Å²) in [4.78, 5) is 17.7. The Hall–Kier alpha value is -1.84. The molecule has 1 aromatic carbocycles. The van der Waals surface area contributed by atoms with Crippen molar-refractivity contribution < 1.29 is 9.18 Å². The standard InChI is InChI=1S/C9H5FN2O/c10-7-3-1-2-6(4-7)8-5-11-9(13)12-8/h1-5H. The predicted octanol–water partition coefficient (Wildman–Crippen LogP) is 1.82. The third kappa shape index (κ3) is 1.51. The van der Waals surface area contributed by atoms with E-state index in [1.165, 1.54) is 18.3 Å². The molecule has 0 aromatic heterocycles. The Morgan fingerprint density at radius 2 is 2.15 bits per heavy atom. The molecule has 0 N–H and O–H groups in total. The maximum absolute atomic E-state index is 12.7. The van der Waals surface area contributed by atoms with E-state index < -0.39 is 6.03 Å². The molecule has 64 valence electrons. The first-order chi connectivity index (χ1) is 6.25. The van der Waals surface area contributed by atoms with E-state index in [1.54, 1.807) is 12.1 Å². The third-order valence-electron chi connectivity index (χ3n) is 1.63. The molecule has 1 aliphatic heterocycles. The van der Waals surface area contributed by atoms with E-state index in [0.29, 0.717) is 11.3 Å². The molecule has 4 heteroatoms. The maximum atomic E-state index is 12.7. The third-order valence-corrected chi connectivity index (χ3v) is 1.63. The molecule has 0 fully saturated rings. The number of hydrogen-bond acceptors (Lipinski definition) is 1. The first-order valence-corrected chi connectivity index (χ1v) is 3.68. The van der Waals surface area contributed by atoms with Crippen LogP contribution in [0.4, 0.5) is 9.18 Å². The van der Waals surface area contributed by atoms with Gasteiger partial charge in [-0.2, -0.15) is 9.98 Å². The Morgan fingerprint density at radius 3 is 2.77 bits per heavy atom. The lowest BCUT2D eigenvalue weighted by Gasteiger charge is -1.95. The summed E-state index contributed by atoms with van der Waals surface area (Å²) in [5.74, 6) is -0.354. The van der Waals surface area contributed by atoms with E-state index in [9.17, 15) is 9.18 Å². The molecule has 0 bridgehead atoms. The summed E-state index contributed by atoms with van der Waals surface area (Å²) in [7, 11) is 0. The van der Waals surface area contributed by atoms with Crippen LogP contribution in [0.5, 0.6) is 0 Å². The van der Waals surface area contributed by atoms with Crippen LogP contribution in [-0.2, 0) is 0 Å². The van der Waals surface area contributed by atoms with Gasteiger partial charge in [-0.1, -0.05) is 12.1 Å². The molecule has 2 rings (SSSR count). The van der Waals surface area contributed by atoms with Crippen molar-refractivity contribution in [2.45, 2.75) is 0 Å². The molecular formula is C9H5FN2O. The first kappa shape index (κ1) is 7.79. The van der Waals surface area contributed by atoms with Crippen LogP contribution in [0.2, 0.25) is 0 Å². The SMILES string of the molecule is O=C1N=CC(c2cccc(F)c2)=N1. The Labute approximate surface area is 73.6 Å². The molecule has 1 aromatic rings. The number of amides is 2. The molecular weight excluding hydrogens is 171 g/mol. The van der Waals surface area contributed by atoms with Crippen LogP contribution in [0, 0.1) is 5.82 Å². The molecule has 0 radical (unpaired) electrons. The van der Waals surface area contributed by atoms with Crippen LogP contribution >= 0.6 is 0 Å². The summed E-state index contributed by atoms with van der Waals surface area (Å²) in [6.45, 7) is 0. The second-order valence-electron chi connectivity index (χ2n) is 2.55. The fourth-order valence-corrected chi connectivity index (χ4v) is 1.06. The molecule has 13 heavy (non-hydrogen) atoms. The number of urea groups is 1. The average Bonchev–Trinajstić information content (AvgIpc) is 2.52. The van der Waals surface area contributed by atoms with Crippen molar-refractivity contribution in [3.63, 3.8) is 0 Å². The number of benzene rings is 1. The molecule has 2 amide bonds. The van der Waals surface area contributed by atoms with Gasteiger partial charge in [0.15, 0.2) is 0 Å². The quantitative estimate of drug-likeness (QED) is 0.643. The van der Waals surface area contributed by atoms with Gasteiger partial charge in [-0.05, 0) is 12.1 Å². The summed E-state index contributed by atoms with van der Waals surface area (Å²) in [5.41, 5.74) is 0.971. The lowest BCUT2D eigenvalue weighted by molar-refractivity contribution is 0.257. The zero-order valence-electron chi connectivity index (χ0n) is 6.57. The topological polar surface area (TPSA) is 41.8 Å². The van der Waals surface area contributed by atoms with Crippen molar-refractivity contribution in [3.05, 3.63) is 35.6 Å². The summed E-state index contributed by atoms with van der Waals surface area (Å²) < 4.78 is 12.7. The van der Waals surface area contributed by atoms with E-state index in [0.717, 1.165) is 0 Å². The van der Waals surface area contributed by atoms with Crippen molar-refractivity contribution in [2.75, 3.05) is 0 Å². The minimum Gasteiger partial charge on any atom is -0.244 e. The van der Waals surface area contributed by atoms with Gasteiger partial charge in [-0.15, -0.1) is 0 Å². The van der Waals surface area contributed by atoms with Crippen LogP contribution in [0.3, 0.4) is 0 Å². The van der Waals surface area contributed by atoms with Gasteiger partial charge in [-0.25, -0.2) is 9.18 Å². The molecule has 0 aliphatic carbocycles. The highest BCUT2D eigenvalue weighted by Crippen LogP contribution is 2.07. The molecule has 1 aliphatic rings. The largest absolute Gasteiger partial charge is 0.367 e. The number of aliphatic imine (C=N–C) groups is 2. The lowest BCUT2D eigenvalue weighted by Crippen LogP contribution is -1.99. The summed E-state index contributed by atoms with van der Waals surface area (Å²) in [6.07, 6.45) is 1.33. The zero-order chi connectivity index (χ0) is 9.26. The van der Waals surface area contributed by atoms with E-state index in [-0.39, 0.29) is 5.82 Å². The van der Waals surface area contributed by atoms with Crippen LogP contribution in [-0.4, -0.2) is 18.0 Å².